The van der Waals surface area contributed by atoms with Crippen LogP contribution in [0.3, 0.4) is 0 Å². The van der Waals surface area contributed by atoms with Crippen LogP contribution in [0.2, 0.25) is 0 Å². The normalized spacial score (nSPS) is 22.5. The van der Waals surface area contributed by atoms with Crippen molar-refractivity contribution in [2.75, 3.05) is 79.5 Å². The number of piperazine rings is 2. The smallest absolute Gasteiger partial charge is 0.167 e. The maximum absolute atomic E-state index is 6.56. The molecule has 0 radical (unpaired) electrons. The van der Waals surface area contributed by atoms with Gasteiger partial charge in [-0.1, -0.05) is 43.4 Å². The number of likely N-dealkylation sites (N-methyl/N-ethyl adjacent to an activating group) is 2. The SMILES string of the molecule is CCN1CCN(C(=Nc2ccc(C)cc2)P(=S)(N(C)C)N2CCN(CC)CC2)CC1. The molecule has 0 aromatic heterocycles. The van der Waals surface area contributed by atoms with E-state index in [2.05, 4.69) is 83.2 Å². The molecule has 0 aliphatic carbocycles. The van der Waals surface area contributed by atoms with Gasteiger partial charge < -0.3 is 14.7 Å². The molecular formula is C22H39N6PS. The van der Waals surface area contributed by atoms with Crippen molar-refractivity contribution >= 4 is 29.4 Å². The number of hydrogen-bond donors (Lipinski definition) is 0. The van der Waals surface area contributed by atoms with Gasteiger partial charge in [-0.2, -0.15) is 0 Å². The molecule has 2 saturated heterocycles. The van der Waals surface area contributed by atoms with Crippen molar-refractivity contribution < 1.29 is 0 Å². The second-order valence-corrected chi connectivity index (χ2v) is 12.8. The Morgan fingerprint density at radius 2 is 1.40 bits per heavy atom. The van der Waals surface area contributed by atoms with Gasteiger partial charge in [0.15, 0.2) is 5.58 Å². The van der Waals surface area contributed by atoms with Crippen LogP contribution in [0.15, 0.2) is 29.3 Å². The zero-order chi connectivity index (χ0) is 21.7. The highest BCUT2D eigenvalue weighted by molar-refractivity contribution is 8.20. The summed E-state index contributed by atoms with van der Waals surface area (Å²) in [5.41, 5.74) is 3.39. The average molecular weight is 451 g/mol. The van der Waals surface area contributed by atoms with Gasteiger partial charge >= 0.3 is 0 Å². The molecule has 0 amide bonds. The molecule has 30 heavy (non-hydrogen) atoms. The Bertz CT molecular complexity index is 749. The first-order valence-corrected chi connectivity index (χ1v) is 14.0. The topological polar surface area (TPSA) is 28.6 Å². The van der Waals surface area contributed by atoms with Crippen LogP contribution in [-0.4, -0.2) is 109 Å². The molecule has 8 heteroatoms. The fraction of sp³-hybridized carbons (Fsp3) is 0.682. The van der Waals surface area contributed by atoms with Gasteiger partial charge in [-0.25, -0.2) is 4.99 Å². The summed E-state index contributed by atoms with van der Waals surface area (Å²) in [5.74, 6) is 0. The summed E-state index contributed by atoms with van der Waals surface area (Å²) in [5, 5.41) is 0. The second-order valence-electron chi connectivity index (χ2n) is 8.45. The van der Waals surface area contributed by atoms with Gasteiger partial charge in [0.1, 0.15) is 6.34 Å². The summed E-state index contributed by atoms with van der Waals surface area (Å²) in [6.45, 7) is 17.2. The zero-order valence-electron chi connectivity index (χ0n) is 19.4. The Balaban J connectivity index is 1.97. The molecular weight excluding hydrogens is 411 g/mol. The van der Waals surface area contributed by atoms with Gasteiger partial charge in [-0.3, -0.25) is 9.34 Å². The summed E-state index contributed by atoms with van der Waals surface area (Å²) < 4.78 is 4.86. The van der Waals surface area contributed by atoms with Crippen molar-refractivity contribution in [1.29, 1.82) is 0 Å². The molecule has 0 spiro atoms. The fourth-order valence-electron chi connectivity index (χ4n) is 4.20. The van der Waals surface area contributed by atoms with Crippen molar-refractivity contribution in [3.63, 3.8) is 0 Å². The van der Waals surface area contributed by atoms with Crippen LogP contribution in [-0.2, 0) is 11.8 Å². The fourth-order valence-corrected chi connectivity index (χ4v) is 7.81. The lowest BCUT2D eigenvalue weighted by molar-refractivity contribution is 0.187. The Morgan fingerprint density at radius 1 is 0.900 bits per heavy atom. The molecule has 168 valence electrons. The molecule has 1 atom stereocenters. The van der Waals surface area contributed by atoms with Crippen LogP contribution in [0.1, 0.15) is 19.4 Å². The highest BCUT2D eigenvalue weighted by Gasteiger charge is 2.39. The van der Waals surface area contributed by atoms with E-state index in [1.165, 1.54) is 5.56 Å². The third kappa shape index (κ3) is 5.32. The molecule has 3 rings (SSSR count). The number of hydrogen-bond acceptors (Lipinski definition) is 4. The predicted molar refractivity (Wildman–Crippen MR) is 134 cm³/mol. The number of aliphatic imine (C=N–C) groups is 1. The predicted octanol–water partition coefficient (Wildman–Crippen LogP) is 3.13. The third-order valence-corrected chi connectivity index (χ3v) is 11.7. The van der Waals surface area contributed by atoms with E-state index in [9.17, 15) is 0 Å². The van der Waals surface area contributed by atoms with Gasteiger partial charge in [-0.15, -0.1) is 0 Å². The van der Waals surface area contributed by atoms with Crippen LogP contribution < -0.4 is 0 Å². The van der Waals surface area contributed by atoms with E-state index in [0.29, 0.717) is 0 Å². The maximum atomic E-state index is 6.56. The quantitative estimate of drug-likeness (QED) is 0.376. The minimum Gasteiger partial charge on any atom is -0.351 e. The Hall–Kier alpha value is -0.820. The van der Waals surface area contributed by atoms with Gasteiger partial charge in [0.2, 0.25) is 0 Å². The lowest BCUT2D eigenvalue weighted by Crippen LogP contribution is -2.52. The van der Waals surface area contributed by atoms with Crippen molar-refractivity contribution in [3.8, 4) is 0 Å². The molecule has 6 nitrogen and oxygen atoms in total. The summed E-state index contributed by atoms with van der Waals surface area (Å²) in [6, 6.07) is 8.54. The van der Waals surface area contributed by atoms with Gasteiger partial charge in [-0.05, 0) is 46.2 Å². The molecule has 2 aliphatic rings. The molecule has 2 fully saturated rings. The molecule has 0 N–H and O–H groups in total. The number of nitrogens with zero attached hydrogens (tertiary/aromatic N) is 6. The van der Waals surface area contributed by atoms with E-state index in [4.69, 9.17) is 16.8 Å². The first-order valence-electron chi connectivity index (χ1n) is 11.3. The molecule has 0 saturated carbocycles. The molecule has 0 bridgehead atoms. The number of amidine groups is 1. The second kappa shape index (κ2) is 10.7. The lowest BCUT2D eigenvalue weighted by Gasteiger charge is -2.47. The highest BCUT2D eigenvalue weighted by Crippen LogP contribution is 2.55. The Morgan fingerprint density at radius 3 is 1.87 bits per heavy atom. The van der Waals surface area contributed by atoms with Crippen molar-refractivity contribution in [2.45, 2.75) is 20.8 Å². The third-order valence-electron chi connectivity index (χ3n) is 6.35. The standard InChI is InChI=1S/C22H39N6PS/c1-6-25-12-16-27(17-13-25)22(23-21-10-8-20(3)9-11-21)29(30,24(4)5)28-18-14-26(7-2)15-19-28/h8-11H,6-7,12-19H2,1-5H3. The summed E-state index contributed by atoms with van der Waals surface area (Å²) in [7, 11) is 4.31. The largest absolute Gasteiger partial charge is 0.351 e. The maximum Gasteiger partial charge on any atom is 0.167 e. The average Bonchev–Trinajstić information content (AvgIpc) is 2.78. The first kappa shape index (κ1) is 23.8. The monoisotopic (exact) mass is 450 g/mol. The van der Waals surface area contributed by atoms with Crippen LogP contribution in [0.5, 0.6) is 0 Å². The molecule has 1 unspecified atom stereocenters. The van der Waals surface area contributed by atoms with Crippen LogP contribution in [0.4, 0.5) is 5.69 Å². The van der Waals surface area contributed by atoms with Crippen molar-refractivity contribution in [2.24, 2.45) is 4.99 Å². The number of aryl methyl sites for hydroxylation is 1. The van der Waals surface area contributed by atoms with Gasteiger partial charge in [0.25, 0.3) is 0 Å². The van der Waals surface area contributed by atoms with Crippen molar-refractivity contribution in [1.82, 2.24) is 24.0 Å². The summed E-state index contributed by atoms with van der Waals surface area (Å²) >= 11 is 6.56. The van der Waals surface area contributed by atoms with E-state index in [0.717, 1.165) is 76.7 Å². The minimum absolute atomic E-state index is 1.000. The van der Waals surface area contributed by atoms with Gasteiger partial charge in [0, 0.05) is 52.4 Å². The summed E-state index contributed by atoms with van der Waals surface area (Å²) in [6.07, 6.45) is -2.16. The van der Waals surface area contributed by atoms with E-state index >= 15 is 0 Å². The van der Waals surface area contributed by atoms with Crippen molar-refractivity contribution in [3.05, 3.63) is 29.8 Å². The van der Waals surface area contributed by atoms with Crippen LogP contribution in [0, 0.1) is 6.92 Å². The highest BCUT2D eigenvalue weighted by atomic mass is 32.4. The van der Waals surface area contributed by atoms with Gasteiger partial charge in [0.05, 0.1) is 5.69 Å². The van der Waals surface area contributed by atoms with Crippen LogP contribution >= 0.6 is 6.34 Å². The molecule has 1 aromatic rings. The Kier molecular flexibility index (Phi) is 8.47. The lowest BCUT2D eigenvalue weighted by atomic mass is 10.2. The summed E-state index contributed by atoms with van der Waals surface area (Å²) in [4.78, 5) is 12.8. The van der Waals surface area contributed by atoms with E-state index in [1.807, 2.05) is 0 Å². The molecule has 2 aliphatic heterocycles. The van der Waals surface area contributed by atoms with E-state index in [-0.39, 0.29) is 0 Å². The number of rotatable bonds is 6. The number of benzene rings is 1. The van der Waals surface area contributed by atoms with Crippen LogP contribution in [0.25, 0.3) is 0 Å². The zero-order valence-corrected chi connectivity index (χ0v) is 21.1. The molecule has 2 heterocycles. The van der Waals surface area contributed by atoms with E-state index < -0.39 is 6.34 Å². The molecule has 1 aromatic carbocycles. The first-order chi connectivity index (χ1) is 14.4. The Labute approximate surface area is 188 Å². The van der Waals surface area contributed by atoms with E-state index in [1.54, 1.807) is 0 Å². The minimum atomic E-state index is -2.16.